The van der Waals surface area contributed by atoms with Gasteiger partial charge in [0, 0.05) is 19.1 Å². The van der Waals surface area contributed by atoms with E-state index in [9.17, 15) is 9.18 Å². The number of amides is 1. The molecular formula is C11H18FN3O. The van der Waals surface area contributed by atoms with E-state index in [1.807, 2.05) is 0 Å². The van der Waals surface area contributed by atoms with Crippen molar-refractivity contribution < 1.29 is 9.18 Å². The molecule has 16 heavy (non-hydrogen) atoms. The van der Waals surface area contributed by atoms with E-state index in [4.69, 9.17) is 5.73 Å². The lowest BCUT2D eigenvalue weighted by Gasteiger charge is -2.33. The Labute approximate surface area is 95.0 Å². The summed E-state index contributed by atoms with van der Waals surface area (Å²) in [7, 11) is 0. The van der Waals surface area contributed by atoms with Crippen LogP contribution in [0.3, 0.4) is 0 Å². The number of allylic oxidation sites excluding steroid dienone is 1. The number of carbonyl (C=O) groups is 1. The number of nitrogens with one attached hydrogen (secondary N) is 1. The van der Waals surface area contributed by atoms with Crippen molar-refractivity contribution in [3.05, 3.63) is 24.3 Å². The van der Waals surface area contributed by atoms with Crippen LogP contribution in [0, 0.1) is 0 Å². The number of halogens is 1. The molecule has 4 nitrogen and oxygen atoms in total. The van der Waals surface area contributed by atoms with Crippen LogP contribution in [0.1, 0.15) is 19.8 Å². The minimum atomic E-state index is -0.424. The van der Waals surface area contributed by atoms with E-state index in [2.05, 4.69) is 11.9 Å². The van der Waals surface area contributed by atoms with Gasteiger partial charge in [0.2, 0.25) is 5.91 Å². The monoisotopic (exact) mass is 227 g/mol. The van der Waals surface area contributed by atoms with Crippen LogP contribution in [0.2, 0.25) is 0 Å². The second-order valence-electron chi connectivity index (χ2n) is 3.92. The largest absolute Gasteiger partial charge is 0.383 e. The summed E-state index contributed by atoms with van der Waals surface area (Å²) in [6.45, 7) is 6.01. The van der Waals surface area contributed by atoms with E-state index in [0.717, 1.165) is 19.4 Å². The zero-order valence-electron chi connectivity index (χ0n) is 9.50. The Morgan fingerprint density at radius 1 is 1.69 bits per heavy atom. The number of rotatable bonds is 3. The first-order valence-corrected chi connectivity index (χ1v) is 5.34. The van der Waals surface area contributed by atoms with Crippen LogP contribution >= 0.6 is 0 Å². The van der Waals surface area contributed by atoms with Gasteiger partial charge in [0.1, 0.15) is 11.6 Å². The molecule has 0 bridgehead atoms. The van der Waals surface area contributed by atoms with Gasteiger partial charge in [-0.15, -0.1) is 0 Å². The first kappa shape index (κ1) is 12.5. The van der Waals surface area contributed by atoms with E-state index in [-0.39, 0.29) is 17.8 Å². The molecule has 1 aliphatic rings. The summed E-state index contributed by atoms with van der Waals surface area (Å²) in [5.41, 5.74) is 5.47. The third-order valence-corrected chi connectivity index (χ3v) is 2.64. The Hall–Kier alpha value is -1.52. The third-order valence-electron chi connectivity index (χ3n) is 2.64. The minimum Gasteiger partial charge on any atom is -0.383 e. The van der Waals surface area contributed by atoms with Crippen LogP contribution in [0.15, 0.2) is 24.3 Å². The molecule has 5 heteroatoms. The maximum absolute atomic E-state index is 12.8. The number of carbonyl (C=O) groups excluding carboxylic acids is 1. The van der Waals surface area contributed by atoms with Crippen LogP contribution in [0.5, 0.6) is 0 Å². The topological polar surface area (TPSA) is 58.4 Å². The quantitative estimate of drug-likeness (QED) is 0.703. The Bertz CT molecular complexity index is 310. The molecule has 1 saturated heterocycles. The molecule has 1 heterocycles. The molecule has 1 aliphatic heterocycles. The predicted octanol–water partition coefficient (Wildman–Crippen LogP) is 0.870. The van der Waals surface area contributed by atoms with Crippen molar-refractivity contribution in [3.8, 4) is 0 Å². The van der Waals surface area contributed by atoms with Crippen molar-refractivity contribution >= 4 is 5.91 Å². The van der Waals surface area contributed by atoms with Crippen LogP contribution < -0.4 is 11.1 Å². The Morgan fingerprint density at radius 3 is 2.94 bits per heavy atom. The standard InChI is InChI=1S/C11H18FN3O/c1-3-10(16)15-6-4-5-9(7-15)14-11(13)8(2)12/h3,9,14H,1,4-7,13H2,2H3/b11-8-. The van der Waals surface area contributed by atoms with Gasteiger partial charge in [0.15, 0.2) is 0 Å². The lowest BCUT2D eigenvalue weighted by molar-refractivity contribution is -0.127. The Balaban J connectivity index is 2.54. The Morgan fingerprint density at radius 2 is 2.38 bits per heavy atom. The molecule has 1 fully saturated rings. The van der Waals surface area contributed by atoms with Crippen molar-refractivity contribution in [3.63, 3.8) is 0 Å². The van der Waals surface area contributed by atoms with Gasteiger partial charge in [0.25, 0.3) is 0 Å². The van der Waals surface area contributed by atoms with E-state index in [1.54, 1.807) is 4.90 Å². The van der Waals surface area contributed by atoms with E-state index in [0.29, 0.717) is 6.54 Å². The zero-order valence-corrected chi connectivity index (χ0v) is 9.50. The SMILES string of the molecule is C=CC(=O)N1CCCC(N/C(N)=C(/C)F)C1. The number of piperidine rings is 1. The first-order valence-electron chi connectivity index (χ1n) is 5.34. The predicted molar refractivity (Wildman–Crippen MR) is 60.9 cm³/mol. The highest BCUT2D eigenvalue weighted by molar-refractivity contribution is 5.87. The fourth-order valence-corrected chi connectivity index (χ4v) is 1.74. The van der Waals surface area contributed by atoms with E-state index in [1.165, 1.54) is 13.0 Å². The summed E-state index contributed by atoms with van der Waals surface area (Å²) in [5.74, 6) is -0.462. The van der Waals surface area contributed by atoms with Gasteiger partial charge < -0.3 is 16.0 Å². The molecule has 1 atom stereocenters. The third kappa shape index (κ3) is 3.25. The van der Waals surface area contributed by atoms with Gasteiger partial charge in [-0.3, -0.25) is 4.79 Å². The molecule has 0 saturated carbocycles. The van der Waals surface area contributed by atoms with Gasteiger partial charge in [-0.25, -0.2) is 4.39 Å². The van der Waals surface area contributed by atoms with E-state index < -0.39 is 5.83 Å². The molecule has 1 amide bonds. The zero-order chi connectivity index (χ0) is 12.1. The molecule has 0 aromatic carbocycles. The fraction of sp³-hybridized carbons (Fsp3) is 0.545. The second kappa shape index (κ2) is 5.53. The van der Waals surface area contributed by atoms with Crippen molar-refractivity contribution in [2.75, 3.05) is 13.1 Å². The molecule has 0 aromatic heterocycles. The molecule has 1 unspecified atom stereocenters. The van der Waals surface area contributed by atoms with Gasteiger partial charge in [-0.05, 0) is 25.8 Å². The van der Waals surface area contributed by atoms with Crippen LogP contribution in [-0.4, -0.2) is 29.9 Å². The molecule has 0 radical (unpaired) electrons. The number of hydrogen-bond donors (Lipinski definition) is 2. The van der Waals surface area contributed by atoms with Gasteiger partial charge in [0.05, 0.1) is 0 Å². The number of likely N-dealkylation sites (tertiary alicyclic amines) is 1. The maximum atomic E-state index is 12.8. The number of nitrogens with two attached hydrogens (primary N) is 1. The molecule has 0 aromatic rings. The summed E-state index contributed by atoms with van der Waals surface area (Å²) in [6, 6.07) is 0.0170. The fourth-order valence-electron chi connectivity index (χ4n) is 1.74. The molecular weight excluding hydrogens is 209 g/mol. The lowest BCUT2D eigenvalue weighted by Crippen LogP contribution is -2.48. The van der Waals surface area contributed by atoms with Crippen molar-refractivity contribution in [1.29, 1.82) is 0 Å². The highest BCUT2D eigenvalue weighted by Crippen LogP contribution is 2.11. The van der Waals surface area contributed by atoms with Crippen molar-refractivity contribution in [2.24, 2.45) is 5.73 Å². The van der Waals surface area contributed by atoms with Gasteiger partial charge >= 0.3 is 0 Å². The molecule has 0 aliphatic carbocycles. The molecule has 0 spiro atoms. The summed E-state index contributed by atoms with van der Waals surface area (Å²) < 4.78 is 12.8. The number of nitrogens with zero attached hydrogens (tertiary/aromatic N) is 1. The first-order chi connectivity index (χ1) is 7.54. The minimum absolute atomic E-state index is 0.0170. The average molecular weight is 227 g/mol. The molecule has 90 valence electrons. The highest BCUT2D eigenvalue weighted by Gasteiger charge is 2.22. The van der Waals surface area contributed by atoms with Crippen LogP contribution in [-0.2, 0) is 4.79 Å². The van der Waals surface area contributed by atoms with Crippen molar-refractivity contribution in [1.82, 2.24) is 10.2 Å². The van der Waals surface area contributed by atoms with Gasteiger partial charge in [-0.1, -0.05) is 6.58 Å². The van der Waals surface area contributed by atoms with Crippen molar-refractivity contribution in [2.45, 2.75) is 25.8 Å². The summed E-state index contributed by atoms with van der Waals surface area (Å²) in [5, 5.41) is 2.88. The number of hydrogen-bond acceptors (Lipinski definition) is 3. The Kier molecular flexibility index (Phi) is 4.34. The molecule has 3 N–H and O–H groups in total. The average Bonchev–Trinajstić information content (AvgIpc) is 2.28. The summed E-state index contributed by atoms with van der Waals surface area (Å²) >= 11 is 0. The molecule has 1 rings (SSSR count). The smallest absolute Gasteiger partial charge is 0.246 e. The highest BCUT2D eigenvalue weighted by atomic mass is 19.1. The van der Waals surface area contributed by atoms with Crippen LogP contribution in [0.25, 0.3) is 0 Å². The van der Waals surface area contributed by atoms with Crippen LogP contribution in [0.4, 0.5) is 4.39 Å². The second-order valence-corrected chi connectivity index (χ2v) is 3.92. The lowest BCUT2D eigenvalue weighted by atomic mass is 10.1. The van der Waals surface area contributed by atoms with E-state index >= 15 is 0 Å². The maximum Gasteiger partial charge on any atom is 0.246 e. The normalized spacial score (nSPS) is 22.4. The summed E-state index contributed by atoms with van der Waals surface area (Å²) in [4.78, 5) is 13.1. The summed E-state index contributed by atoms with van der Waals surface area (Å²) in [6.07, 6.45) is 3.06. The van der Waals surface area contributed by atoms with Gasteiger partial charge in [-0.2, -0.15) is 0 Å².